The number of aromatic carboxylic acids is 1. The predicted molar refractivity (Wildman–Crippen MR) is 115 cm³/mol. The fourth-order valence-electron chi connectivity index (χ4n) is 4.23. The first-order valence-corrected chi connectivity index (χ1v) is 10.3. The number of hydrogen-bond acceptors (Lipinski definition) is 3. The van der Waals surface area contributed by atoms with Crippen LogP contribution in [0, 0.1) is 5.82 Å². The molecular weight excluding hydrogens is 403 g/mol. The van der Waals surface area contributed by atoms with E-state index in [0.717, 1.165) is 30.5 Å². The van der Waals surface area contributed by atoms with Gasteiger partial charge in [-0.1, -0.05) is 29.8 Å². The Morgan fingerprint density at radius 1 is 1.27 bits per heavy atom. The van der Waals surface area contributed by atoms with Crippen LogP contribution in [-0.4, -0.2) is 34.6 Å². The van der Waals surface area contributed by atoms with Gasteiger partial charge in [0.15, 0.2) is 0 Å². The number of hydrogen-bond donors (Lipinski definition) is 1. The van der Waals surface area contributed by atoms with Gasteiger partial charge in [-0.3, -0.25) is 9.88 Å². The summed E-state index contributed by atoms with van der Waals surface area (Å²) >= 11 is 5.88. The Hall–Kier alpha value is -2.76. The Bertz CT molecular complexity index is 1100. The number of carboxylic acids is 1. The lowest BCUT2D eigenvalue weighted by atomic mass is 9.87. The quantitative estimate of drug-likeness (QED) is 0.595. The van der Waals surface area contributed by atoms with Crippen LogP contribution in [0.5, 0.6) is 0 Å². The number of fused-ring (bicyclic) bond motifs is 1. The second-order valence-corrected chi connectivity index (χ2v) is 8.10. The molecule has 2 heterocycles. The van der Waals surface area contributed by atoms with Gasteiger partial charge >= 0.3 is 5.97 Å². The van der Waals surface area contributed by atoms with Crippen molar-refractivity contribution in [2.75, 3.05) is 13.6 Å². The van der Waals surface area contributed by atoms with Crippen molar-refractivity contribution >= 4 is 17.6 Å². The van der Waals surface area contributed by atoms with Crippen molar-refractivity contribution in [2.45, 2.75) is 25.3 Å². The maximum atomic E-state index is 14.4. The van der Waals surface area contributed by atoms with Crippen molar-refractivity contribution in [3.8, 4) is 11.1 Å². The summed E-state index contributed by atoms with van der Waals surface area (Å²) in [6.07, 6.45) is 5.44. The van der Waals surface area contributed by atoms with Gasteiger partial charge in [0.05, 0.1) is 5.56 Å². The monoisotopic (exact) mass is 424 g/mol. The summed E-state index contributed by atoms with van der Waals surface area (Å²) in [4.78, 5) is 17.9. The molecule has 4 nitrogen and oxygen atoms in total. The molecule has 154 valence electrons. The van der Waals surface area contributed by atoms with Gasteiger partial charge in [0.1, 0.15) is 5.82 Å². The molecule has 2 aromatic carbocycles. The molecule has 0 unspecified atom stereocenters. The third kappa shape index (κ3) is 4.09. The standard InChI is InChI=1S/C24H22ClFN2O2/c1-28-11-9-16-12-15(19-6-4-18(25)13-22(19)26)2-5-20(16)23(28)7-3-17-14-27-10-8-21(17)24(29)30/h2,4-6,8,10,12-14,23H,3,7,9,11H2,1H3,(H,29,30)/t23-/m0/s1. The molecule has 0 spiro atoms. The van der Waals surface area contributed by atoms with Crippen LogP contribution < -0.4 is 0 Å². The van der Waals surface area contributed by atoms with E-state index in [4.69, 9.17) is 11.6 Å². The lowest BCUT2D eigenvalue weighted by Crippen LogP contribution is -2.32. The highest BCUT2D eigenvalue weighted by Gasteiger charge is 2.25. The summed E-state index contributed by atoms with van der Waals surface area (Å²) in [5, 5.41) is 9.80. The highest BCUT2D eigenvalue weighted by atomic mass is 35.5. The minimum Gasteiger partial charge on any atom is -0.478 e. The Morgan fingerprint density at radius 2 is 2.10 bits per heavy atom. The molecule has 1 aromatic heterocycles. The van der Waals surface area contributed by atoms with Gasteiger partial charge in [0.2, 0.25) is 0 Å². The summed E-state index contributed by atoms with van der Waals surface area (Å²) in [7, 11) is 2.09. The fraction of sp³-hybridized carbons (Fsp3) is 0.250. The molecule has 3 aromatic rings. The Labute approximate surface area is 179 Å². The smallest absolute Gasteiger partial charge is 0.336 e. The molecule has 1 aliphatic rings. The van der Waals surface area contributed by atoms with E-state index in [9.17, 15) is 14.3 Å². The van der Waals surface area contributed by atoms with Crippen molar-refractivity contribution in [3.05, 3.63) is 88.0 Å². The Morgan fingerprint density at radius 3 is 2.87 bits per heavy atom. The number of aryl methyl sites for hydroxylation is 1. The van der Waals surface area contributed by atoms with E-state index < -0.39 is 5.97 Å². The van der Waals surface area contributed by atoms with E-state index in [0.29, 0.717) is 22.6 Å². The minimum atomic E-state index is -0.931. The first-order valence-electron chi connectivity index (χ1n) is 9.88. The average Bonchev–Trinajstić information content (AvgIpc) is 2.73. The first-order chi connectivity index (χ1) is 14.4. The maximum Gasteiger partial charge on any atom is 0.336 e. The lowest BCUT2D eigenvalue weighted by molar-refractivity contribution is 0.0695. The maximum absolute atomic E-state index is 14.4. The predicted octanol–water partition coefficient (Wildman–Crippen LogP) is 5.40. The normalized spacial score (nSPS) is 16.3. The summed E-state index contributed by atoms with van der Waals surface area (Å²) in [6.45, 7) is 0.892. The largest absolute Gasteiger partial charge is 0.478 e. The van der Waals surface area contributed by atoms with E-state index >= 15 is 0 Å². The number of benzene rings is 2. The van der Waals surface area contributed by atoms with Crippen molar-refractivity contribution in [2.24, 2.45) is 0 Å². The van der Waals surface area contributed by atoms with Crippen molar-refractivity contribution in [3.63, 3.8) is 0 Å². The van der Waals surface area contributed by atoms with Crippen LogP contribution in [0.3, 0.4) is 0 Å². The topological polar surface area (TPSA) is 53.4 Å². The van der Waals surface area contributed by atoms with E-state index in [1.807, 2.05) is 6.07 Å². The Kier molecular flexibility index (Phi) is 5.84. The van der Waals surface area contributed by atoms with Crippen LogP contribution >= 0.6 is 11.6 Å². The number of pyridine rings is 1. The second kappa shape index (κ2) is 8.54. The molecule has 0 radical (unpaired) electrons. The molecule has 4 rings (SSSR count). The molecule has 0 fully saturated rings. The van der Waals surface area contributed by atoms with Gasteiger partial charge in [0, 0.05) is 35.6 Å². The molecule has 1 atom stereocenters. The SMILES string of the molecule is CN1CCc2cc(-c3ccc(Cl)cc3F)ccc2[C@@H]1CCc1cnccc1C(=O)O. The average molecular weight is 425 g/mol. The number of rotatable bonds is 5. The van der Waals surface area contributed by atoms with Crippen LogP contribution in [0.25, 0.3) is 11.1 Å². The molecule has 0 bridgehead atoms. The van der Waals surface area contributed by atoms with Crippen LogP contribution in [0.15, 0.2) is 54.9 Å². The van der Waals surface area contributed by atoms with Crippen molar-refractivity contribution < 1.29 is 14.3 Å². The highest BCUT2D eigenvalue weighted by molar-refractivity contribution is 6.30. The van der Waals surface area contributed by atoms with Gasteiger partial charge in [-0.15, -0.1) is 0 Å². The van der Waals surface area contributed by atoms with Gasteiger partial charge in [-0.2, -0.15) is 0 Å². The van der Waals surface area contributed by atoms with Crippen LogP contribution in [0.1, 0.15) is 39.5 Å². The van der Waals surface area contributed by atoms with Gasteiger partial charge in [-0.05, 0) is 72.8 Å². The number of aromatic nitrogens is 1. The summed E-state index contributed by atoms with van der Waals surface area (Å²) in [5.74, 6) is -1.26. The van der Waals surface area contributed by atoms with Crippen molar-refractivity contribution in [1.29, 1.82) is 0 Å². The van der Waals surface area contributed by atoms with Crippen LogP contribution in [0.2, 0.25) is 5.02 Å². The fourth-order valence-corrected chi connectivity index (χ4v) is 4.39. The second-order valence-electron chi connectivity index (χ2n) is 7.66. The molecule has 1 aliphatic heterocycles. The molecule has 6 heteroatoms. The molecule has 1 N–H and O–H groups in total. The third-order valence-electron chi connectivity index (χ3n) is 5.83. The third-order valence-corrected chi connectivity index (χ3v) is 6.07. The molecule has 0 saturated carbocycles. The zero-order valence-corrected chi connectivity index (χ0v) is 17.4. The number of carboxylic acid groups (broad SMARTS) is 1. The molecule has 0 amide bonds. The number of nitrogens with zero attached hydrogens (tertiary/aromatic N) is 2. The summed E-state index contributed by atoms with van der Waals surface area (Å²) < 4.78 is 14.4. The Balaban J connectivity index is 1.61. The molecule has 0 aliphatic carbocycles. The van der Waals surface area contributed by atoms with E-state index in [-0.39, 0.29) is 11.9 Å². The van der Waals surface area contributed by atoms with E-state index in [2.05, 4.69) is 29.1 Å². The zero-order valence-electron chi connectivity index (χ0n) is 16.6. The number of likely N-dealkylation sites (N-methyl/N-ethyl adjacent to an activating group) is 1. The number of halogens is 2. The molecule has 0 saturated heterocycles. The van der Waals surface area contributed by atoms with Gasteiger partial charge < -0.3 is 5.11 Å². The van der Waals surface area contributed by atoms with Crippen molar-refractivity contribution in [1.82, 2.24) is 9.88 Å². The van der Waals surface area contributed by atoms with Gasteiger partial charge in [-0.25, -0.2) is 9.18 Å². The molecule has 30 heavy (non-hydrogen) atoms. The summed E-state index contributed by atoms with van der Waals surface area (Å²) in [5.41, 5.74) is 4.84. The van der Waals surface area contributed by atoms with E-state index in [1.165, 1.54) is 23.4 Å². The van der Waals surface area contributed by atoms with E-state index in [1.54, 1.807) is 24.4 Å². The minimum absolute atomic E-state index is 0.166. The zero-order chi connectivity index (χ0) is 21.3. The number of carbonyl (C=O) groups is 1. The van der Waals surface area contributed by atoms with Gasteiger partial charge in [0.25, 0.3) is 0 Å². The first kappa shape index (κ1) is 20.5. The lowest BCUT2D eigenvalue weighted by Gasteiger charge is -2.35. The van der Waals surface area contributed by atoms with Crippen LogP contribution in [-0.2, 0) is 12.8 Å². The highest BCUT2D eigenvalue weighted by Crippen LogP contribution is 2.35. The van der Waals surface area contributed by atoms with Crippen LogP contribution in [0.4, 0.5) is 4.39 Å². The molecular formula is C24H22ClFN2O2. The summed E-state index contributed by atoms with van der Waals surface area (Å²) in [6, 6.07) is 12.5.